The molecule has 0 radical (unpaired) electrons. The van der Waals surface area contributed by atoms with Crippen LogP contribution in [0.1, 0.15) is 12.8 Å². The molecule has 1 heterocycles. The van der Waals surface area contributed by atoms with Crippen molar-refractivity contribution in [2.24, 2.45) is 0 Å². The molecule has 90 valence electrons. The van der Waals surface area contributed by atoms with Crippen molar-refractivity contribution in [3.05, 3.63) is 35.2 Å². The number of rotatable bonds is 3. The molecule has 0 amide bonds. The van der Waals surface area contributed by atoms with Crippen molar-refractivity contribution in [1.29, 1.82) is 0 Å². The summed E-state index contributed by atoms with van der Waals surface area (Å²) in [7, 11) is 0. The van der Waals surface area contributed by atoms with Crippen molar-refractivity contribution in [1.82, 2.24) is 4.98 Å². The van der Waals surface area contributed by atoms with Gasteiger partial charge in [0.25, 0.3) is 0 Å². The van der Waals surface area contributed by atoms with Crippen LogP contribution >= 0.6 is 11.6 Å². The summed E-state index contributed by atoms with van der Waals surface area (Å²) < 4.78 is 11.4. The van der Waals surface area contributed by atoms with E-state index in [1.807, 2.05) is 12.1 Å². The number of halogens is 1. The molecule has 0 unspecified atom stereocenters. The van der Waals surface area contributed by atoms with Gasteiger partial charge in [-0.15, -0.1) is 0 Å². The van der Waals surface area contributed by atoms with E-state index < -0.39 is 25.0 Å². The van der Waals surface area contributed by atoms with Gasteiger partial charge in [0.15, 0.2) is 0 Å². The Hall–Kier alpha value is -0.875. The molecule has 6 heteroatoms. The molecule has 0 N–H and O–H groups in total. The molecule has 0 aliphatic carbocycles. The fourth-order valence-electron chi connectivity index (χ4n) is 1.57. The van der Waals surface area contributed by atoms with Gasteiger partial charge in [-0.25, -0.2) is 0 Å². The molecule has 18 heavy (non-hydrogen) atoms. The molecule has 1 aromatic carbocycles. The first-order chi connectivity index (χ1) is 8.56. The number of hydrogen-bond acceptors (Lipinski definition) is 4. The van der Waals surface area contributed by atoms with E-state index in [1.165, 1.54) is 6.92 Å². The van der Waals surface area contributed by atoms with Gasteiger partial charge in [0.1, 0.15) is 0 Å². The second-order valence-electron chi connectivity index (χ2n) is 3.79. The Balaban J connectivity index is 2.31. The van der Waals surface area contributed by atoms with Gasteiger partial charge in [0.2, 0.25) is 0 Å². The number of aromatic nitrogens is 1. The van der Waals surface area contributed by atoms with Crippen molar-refractivity contribution in [3.8, 4) is 11.3 Å². The van der Waals surface area contributed by atoms with E-state index in [-0.39, 0.29) is 5.97 Å². The van der Waals surface area contributed by atoms with Crippen molar-refractivity contribution < 1.29 is 36.9 Å². The Morgan fingerprint density at radius 3 is 2.67 bits per heavy atom. The summed E-state index contributed by atoms with van der Waals surface area (Å²) >= 11 is 3.83. The Morgan fingerprint density at radius 2 is 2.06 bits per heavy atom. The number of carbonyl (C=O) groups excluding carboxylic acids is 1. The minimum absolute atomic E-state index is 0.257. The molecular weight excluding hydrogens is 442 g/mol. The second kappa shape index (κ2) is 5.84. The third-order valence-corrected chi connectivity index (χ3v) is 7.60. The first-order valence-electron chi connectivity index (χ1n) is 5.42. The average molecular weight is 452 g/mol. The summed E-state index contributed by atoms with van der Waals surface area (Å²) in [6, 6.07) is 7.36. The van der Waals surface area contributed by atoms with Crippen molar-refractivity contribution >= 4 is 20.8 Å². The van der Waals surface area contributed by atoms with Gasteiger partial charge < -0.3 is 0 Å². The number of benzene rings is 1. The molecule has 2 rings (SSSR count). The van der Waals surface area contributed by atoms with Crippen LogP contribution in [-0.2, 0) is 32.5 Å². The van der Waals surface area contributed by atoms with Crippen molar-refractivity contribution in [2.75, 3.05) is 0 Å². The van der Waals surface area contributed by atoms with Crippen LogP contribution in [0.5, 0.6) is 0 Å². The van der Waals surface area contributed by atoms with E-state index in [0.717, 1.165) is 14.5 Å². The molecule has 1 aromatic heterocycles. The van der Waals surface area contributed by atoms with Gasteiger partial charge in [0, 0.05) is 0 Å². The van der Waals surface area contributed by atoms with E-state index >= 15 is 0 Å². The number of oxazole rings is 1. The van der Waals surface area contributed by atoms with E-state index in [0.29, 0.717) is 10.9 Å². The van der Waals surface area contributed by atoms with Crippen molar-refractivity contribution in [2.45, 2.75) is 13.8 Å². The fourth-order valence-corrected chi connectivity index (χ4v) is 5.67. The van der Waals surface area contributed by atoms with Crippen molar-refractivity contribution in [3.63, 3.8) is 0 Å². The number of nitrogens with zero attached hydrogens (tertiary/aromatic N) is 1. The van der Waals surface area contributed by atoms with E-state index in [1.54, 1.807) is 19.1 Å². The third-order valence-electron chi connectivity index (χ3n) is 2.33. The Kier molecular flexibility index (Phi) is 4.40. The minimum atomic E-state index is -2.02. The molecule has 0 atom stereocenters. The maximum absolute atomic E-state index is 10.9. The van der Waals surface area contributed by atoms with Crippen LogP contribution in [0.25, 0.3) is 11.3 Å². The summed E-state index contributed by atoms with van der Waals surface area (Å²) in [5, 5.41) is 0.671. The molecule has 0 spiro atoms. The zero-order valence-corrected chi connectivity index (χ0v) is 16.3. The topological polar surface area (TPSA) is 52.3 Å². The van der Waals surface area contributed by atoms with Crippen LogP contribution in [0, 0.1) is 6.92 Å². The Bertz CT molecular complexity index is 565. The third kappa shape index (κ3) is 3.33. The van der Waals surface area contributed by atoms with Crippen LogP contribution < -0.4 is 3.27 Å². The summed E-state index contributed by atoms with van der Waals surface area (Å²) in [6.07, 6.45) is 0. The van der Waals surface area contributed by atoms with E-state index in [4.69, 9.17) is 18.7 Å². The maximum atomic E-state index is 10.9. The molecule has 4 nitrogen and oxygen atoms in total. The average Bonchev–Trinajstić information content (AvgIpc) is 2.69. The van der Waals surface area contributed by atoms with E-state index in [9.17, 15) is 4.79 Å². The van der Waals surface area contributed by atoms with Gasteiger partial charge in [-0.1, -0.05) is 0 Å². The monoisotopic (exact) mass is 453 g/mol. The SMILES string of the molecule is CC(=O)[O][Hg][c]1oc(C)nc1-c1ccc(Cl)cc1. The van der Waals surface area contributed by atoms with Gasteiger partial charge in [0.05, 0.1) is 0 Å². The molecule has 0 aliphatic heterocycles. The predicted molar refractivity (Wildman–Crippen MR) is 63.1 cm³/mol. The summed E-state index contributed by atoms with van der Waals surface area (Å²) in [4.78, 5) is 15.2. The molecule has 0 saturated heterocycles. The quantitative estimate of drug-likeness (QED) is 0.672. The molecule has 0 bridgehead atoms. The van der Waals surface area contributed by atoms with Crippen LogP contribution in [0.3, 0.4) is 0 Å². The zero-order valence-electron chi connectivity index (χ0n) is 10.1. The summed E-state index contributed by atoms with van der Waals surface area (Å²) in [5.74, 6) is 0.329. The molecule has 2 aromatic rings. The number of carbonyl (C=O) groups is 1. The normalized spacial score (nSPS) is 9.94. The molecule has 0 saturated carbocycles. The van der Waals surface area contributed by atoms with Gasteiger partial charge in [-0.2, -0.15) is 0 Å². The van der Waals surface area contributed by atoms with Crippen LogP contribution in [0.4, 0.5) is 0 Å². The molecular formula is C12H10ClHgNO3. The summed E-state index contributed by atoms with van der Waals surface area (Å²) in [5.41, 5.74) is 1.70. The second-order valence-corrected chi connectivity index (χ2v) is 8.97. The first kappa shape index (κ1) is 13.6. The van der Waals surface area contributed by atoms with E-state index in [2.05, 4.69) is 4.98 Å². The standard InChI is InChI=1S/C10H7ClNO.C2H4O2.Hg/c1-7-12-10(6-13-7)8-2-4-9(11)5-3-8;1-2(3)4;/h2-5H,1H3;1H3,(H,3,4);/q;;+1/p-1. The van der Waals surface area contributed by atoms with Crippen LogP contribution in [0.2, 0.25) is 5.02 Å². The van der Waals surface area contributed by atoms with Gasteiger partial charge >= 0.3 is 123 Å². The van der Waals surface area contributed by atoms with Crippen LogP contribution in [0.15, 0.2) is 28.7 Å². The number of hydrogen-bond donors (Lipinski definition) is 0. The fraction of sp³-hybridized carbons (Fsp3) is 0.167. The Labute approximate surface area is 122 Å². The van der Waals surface area contributed by atoms with Gasteiger partial charge in [-0.05, 0) is 0 Å². The zero-order chi connectivity index (χ0) is 13.1. The predicted octanol–water partition coefficient (Wildman–Crippen LogP) is 2.49. The van der Waals surface area contributed by atoms with Gasteiger partial charge in [-0.3, -0.25) is 0 Å². The summed E-state index contributed by atoms with van der Waals surface area (Å²) in [6.45, 7) is 3.19. The molecule has 0 aliphatic rings. The Morgan fingerprint density at radius 1 is 1.39 bits per heavy atom. The first-order valence-corrected chi connectivity index (χ1v) is 10.8. The molecule has 0 fully saturated rings. The van der Waals surface area contributed by atoms with Crippen LogP contribution in [-0.4, -0.2) is 11.0 Å². The number of aryl methyl sites for hydroxylation is 1.